The number of nitrogens with zero attached hydrogens (tertiary/aromatic N) is 1. The molecule has 1 unspecified atom stereocenters. The Bertz CT molecular complexity index is 587. The molecule has 2 N–H and O–H groups in total. The number of benzene rings is 1. The molecule has 0 saturated heterocycles. The minimum absolute atomic E-state index is 0.000288. The van der Waals surface area contributed by atoms with Crippen LogP contribution in [0.15, 0.2) is 29.2 Å². The summed E-state index contributed by atoms with van der Waals surface area (Å²) in [6.07, 6.45) is 0. The van der Waals surface area contributed by atoms with Gasteiger partial charge in [-0.05, 0) is 17.6 Å². The van der Waals surface area contributed by atoms with Gasteiger partial charge >= 0.3 is 18.6 Å². The van der Waals surface area contributed by atoms with Crippen molar-refractivity contribution in [1.82, 2.24) is 0 Å². The lowest BCUT2D eigenvalue weighted by Gasteiger charge is -2.07. The van der Waals surface area contributed by atoms with Crippen molar-refractivity contribution >= 4 is 22.4 Å². The molecule has 0 aromatic heterocycles. The number of ether oxygens (including phenoxy) is 1. The molecule has 8 heteroatoms. The molecule has 0 spiro atoms. The minimum Gasteiger partial charge on any atom is -0.423 e. The molecule has 1 atom stereocenters. The SMILES string of the molecule is O=S(=O)(c1ccc(B(O)O)cc1)C1COCC#[N+]1. The Kier molecular flexibility index (Phi) is 3.68. The first kappa shape index (κ1) is 13.0. The summed E-state index contributed by atoms with van der Waals surface area (Å²) < 4.78 is 29.2. The Morgan fingerprint density at radius 2 is 2.00 bits per heavy atom. The molecule has 2 rings (SSSR count). The Morgan fingerprint density at radius 3 is 2.50 bits per heavy atom. The predicted octanol–water partition coefficient (Wildman–Crippen LogP) is -1.17. The van der Waals surface area contributed by atoms with Crippen LogP contribution < -0.4 is 5.46 Å². The first-order valence-corrected chi connectivity index (χ1v) is 6.77. The van der Waals surface area contributed by atoms with Gasteiger partial charge in [0.25, 0.3) is 9.84 Å². The minimum atomic E-state index is -3.62. The van der Waals surface area contributed by atoms with Crippen LogP contribution in [0.3, 0.4) is 0 Å². The maximum absolute atomic E-state index is 12.1. The van der Waals surface area contributed by atoms with Gasteiger partial charge in [-0.15, -0.1) is 0 Å². The van der Waals surface area contributed by atoms with Crippen molar-refractivity contribution in [3.05, 3.63) is 29.1 Å². The average Bonchev–Trinajstić information content (AvgIpc) is 2.40. The number of hydrogen-bond acceptors (Lipinski definition) is 5. The van der Waals surface area contributed by atoms with Gasteiger partial charge in [-0.1, -0.05) is 17.0 Å². The number of rotatable bonds is 3. The lowest BCUT2D eigenvalue weighted by Crippen LogP contribution is -2.30. The van der Waals surface area contributed by atoms with Crippen molar-refractivity contribution in [2.75, 3.05) is 13.2 Å². The highest BCUT2D eigenvalue weighted by atomic mass is 32.2. The summed E-state index contributed by atoms with van der Waals surface area (Å²) in [7, 11) is -5.24. The van der Waals surface area contributed by atoms with E-state index in [0.717, 1.165) is 0 Å². The molecular formula is C10H11BNO5S+. The van der Waals surface area contributed by atoms with E-state index in [1.54, 1.807) is 0 Å². The molecule has 0 aliphatic carbocycles. The van der Waals surface area contributed by atoms with Crippen molar-refractivity contribution in [3.63, 3.8) is 0 Å². The fourth-order valence-corrected chi connectivity index (χ4v) is 2.85. The van der Waals surface area contributed by atoms with E-state index in [0.29, 0.717) is 0 Å². The van der Waals surface area contributed by atoms with Gasteiger partial charge in [-0.3, -0.25) is 0 Å². The van der Waals surface area contributed by atoms with E-state index in [1.165, 1.54) is 24.3 Å². The standard InChI is InChI=1S/C10H11BNO5S/c13-11(14)8-1-3-9(4-2-8)18(15,16)10-7-17-6-5-12-10/h1-4,10,13-14H,6-7H2/q+1. The van der Waals surface area contributed by atoms with Gasteiger partial charge in [0, 0.05) is 0 Å². The number of sulfone groups is 1. The highest BCUT2D eigenvalue weighted by Crippen LogP contribution is 2.18. The summed E-state index contributed by atoms with van der Waals surface area (Å²) >= 11 is 0. The fraction of sp³-hybridized carbons (Fsp3) is 0.300. The third-order valence-electron chi connectivity index (χ3n) is 2.53. The van der Waals surface area contributed by atoms with E-state index < -0.39 is 22.3 Å². The van der Waals surface area contributed by atoms with Crippen LogP contribution in [0.5, 0.6) is 0 Å². The van der Waals surface area contributed by atoms with Crippen LogP contribution in [0.4, 0.5) is 0 Å². The highest BCUT2D eigenvalue weighted by Gasteiger charge is 2.38. The third kappa shape index (κ3) is 2.54. The molecule has 1 aliphatic heterocycles. The van der Waals surface area contributed by atoms with E-state index in [4.69, 9.17) is 14.8 Å². The lowest BCUT2D eigenvalue weighted by atomic mass is 9.81. The monoisotopic (exact) mass is 268 g/mol. The normalized spacial score (nSPS) is 18.9. The Hall–Kier alpha value is -1.40. The van der Waals surface area contributed by atoms with Crippen LogP contribution in [0, 0.1) is 6.07 Å². The topological polar surface area (TPSA) is 88.2 Å². The van der Waals surface area contributed by atoms with Crippen LogP contribution in [0.2, 0.25) is 0 Å². The van der Waals surface area contributed by atoms with Gasteiger partial charge in [-0.25, -0.2) is 8.42 Å². The van der Waals surface area contributed by atoms with Crippen molar-refractivity contribution < 1.29 is 23.2 Å². The molecular weight excluding hydrogens is 257 g/mol. The second kappa shape index (κ2) is 5.08. The van der Waals surface area contributed by atoms with Crippen molar-refractivity contribution in [2.45, 2.75) is 10.3 Å². The molecule has 0 bridgehead atoms. The first-order chi connectivity index (χ1) is 8.51. The summed E-state index contributed by atoms with van der Waals surface area (Å²) in [5, 5.41) is 16.9. The summed E-state index contributed by atoms with van der Waals surface area (Å²) in [5.41, 5.74) is 0.226. The molecule has 18 heavy (non-hydrogen) atoms. The lowest BCUT2D eigenvalue weighted by molar-refractivity contribution is 0.166. The molecule has 94 valence electrons. The summed E-state index contributed by atoms with van der Waals surface area (Å²) in [6.45, 7) is 0.196. The van der Waals surface area contributed by atoms with Crippen LogP contribution in [-0.2, 0) is 14.6 Å². The van der Waals surface area contributed by atoms with Crippen LogP contribution in [0.25, 0.3) is 4.85 Å². The van der Waals surface area contributed by atoms with E-state index in [-0.39, 0.29) is 23.6 Å². The summed E-state index contributed by atoms with van der Waals surface area (Å²) in [6, 6.07) is 7.80. The summed E-state index contributed by atoms with van der Waals surface area (Å²) in [4.78, 5) is 3.84. The maximum atomic E-state index is 12.1. The summed E-state index contributed by atoms with van der Waals surface area (Å²) in [5.74, 6) is 0. The largest absolute Gasteiger partial charge is 0.488 e. The first-order valence-electron chi connectivity index (χ1n) is 5.22. The van der Waals surface area contributed by atoms with Crippen LogP contribution in [0.1, 0.15) is 0 Å². The second-order valence-corrected chi connectivity index (χ2v) is 5.85. The average molecular weight is 268 g/mol. The van der Waals surface area contributed by atoms with E-state index in [9.17, 15) is 8.42 Å². The Balaban J connectivity index is 2.31. The van der Waals surface area contributed by atoms with Gasteiger partial charge in [0.2, 0.25) is 0 Å². The molecule has 1 aromatic rings. The zero-order valence-corrected chi connectivity index (χ0v) is 10.2. The third-order valence-corrected chi connectivity index (χ3v) is 4.41. The molecule has 6 nitrogen and oxygen atoms in total. The van der Waals surface area contributed by atoms with E-state index in [1.807, 2.05) is 0 Å². The second-order valence-electron chi connectivity index (χ2n) is 3.74. The quantitative estimate of drug-likeness (QED) is 0.674. The predicted molar refractivity (Wildman–Crippen MR) is 65.3 cm³/mol. The van der Waals surface area contributed by atoms with Crippen LogP contribution in [-0.4, -0.2) is 44.2 Å². The van der Waals surface area contributed by atoms with Crippen molar-refractivity contribution in [2.24, 2.45) is 0 Å². The van der Waals surface area contributed by atoms with Gasteiger partial charge in [0.05, 0.1) is 4.90 Å². The van der Waals surface area contributed by atoms with Gasteiger partial charge < -0.3 is 14.8 Å². The van der Waals surface area contributed by atoms with Gasteiger partial charge in [0.15, 0.2) is 6.61 Å². The van der Waals surface area contributed by atoms with Crippen molar-refractivity contribution in [3.8, 4) is 6.07 Å². The van der Waals surface area contributed by atoms with Crippen LogP contribution >= 0.6 is 0 Å². The van der Waals surface area contributed by atoms with Gasteiger partial charge in [-0.2, -0.15) is 0 Å². The molecule has 0 amide bonds. The molecule has 1 aliphatic rings. The number of hydrogen-bond donors (Lipinski definition) is 2. The zero-order valence-electron chi connectivity index (χ0n) is 9.35. The van der Waals surface area contributed by atoms with E-state index in [2.05, 4.69) is 10.9 Å². The Labute approximate surface area is 105 Å². The molecule has 0 saturated carbocycles. The van der Waals surface area contributed by atoms with E-state index >= 15 is 0 Å². The molecule has 1 heterocycles. The highest BCUT2D eigenvalue weighted by molar-refractivity contribution is 7.92. The zero-order chi connectivity index (χ0) is 13.2. The van der Waals surface area contributed by atoms with Crippen molar-refractivity contribution in [1.29, 1.82) is 0 Å². The van der Waals surface area contributed by atoms with Gasteiger partial charge in [0.1, 0.15) is 6.61 Å². The fourth-order valence-electron chi connectivity index (χ4n) is 1.53. The molecule has 0 fully saturated rings. The smallest absolute Gasteiger partial charge is 0.423 e. The molecule has 0 radical (unpaired) electrons. The molecule has 1 aromatic carbocycles. The maximum Gasteiger partial charge on any atom is 0.488 e. The Morgan fingerprint density at radius 1 is 1.33 bits per heavy atom.